The molecule has 0 bridgehead atoms. The van der Waals surface area contributed by atoms with Crippen LogP contribution in [0.5, 0.6) is 0 Å². The van der Waals surface area contributed by atoms with Crippen molar-refractivity contribution in [2.75, 3.05) is 13.6 Å². The van der Waals surface area contributed by atoms with Crippen LogP contribution in [0.3, 0.4) is 0 Å². The maximum Gasteiger partial charge on any atom is 0.243 e. The number of rotatable bonds is 9. The fraction of sp³-hybridized carbons (Fsp3) is 0.333. The number of nitrogens with zero attached hydrogens (tertiary/aromatic N) is 2. The Labute approximate surface area is 207 Å². The van der Waals surface area contributed by atoms with Crippen LogP contribution in [0.4, 0.5) is 0 Å². The number of nitrogens with one attached hydrogen (secondary N) is 1. The molecule has 0 fully saturated rings. The van der Waals surface area contributed by atoms with E-state index in [0.29, 0.717) is 0 Å². The minimum Gasteiger partial charge on any atom is -0.352 e. The second kappa shape index (κ2) is 11.0. The molecule has 0 unspecified atom stereocenters. The average Bonchev–Trinajstić information content (AvgIpc) is 2.82. The van der Waals surface area contributed by atoms with Gasteiger partial charge < -0.3 is 10.2 Å². The molecule has 3 rings (SSSR count). The Kier molecular flexibility index (Phi) is 8.30. The van der Waals surface area contributed by atoms with E-state index in [0.717, 1.165) is 26.2 Å². The van der Waals surface area contributed by atoms with E-state index in [9.17, 15) is 18.0 Å². The summed E-state index contributed by atoms with van der Waals surface area (Å²) in [5.74, 6) is -0.746. The van der Waals surface area contributed by atoms with E-state index in [2.05, 4.69) is 5.32 Å². The summed E-state index contributed by atoms with van der Waals surface area (Å²) in [6.45, 7) is 7.12. The number of fused-ring (bicyclic) bond motifs is 1. The fourth-order valence-corrected chi connectivity index (χ4v) is 4.91. The number of amides is 2. The number of benzene rings is 3. The number of carbonyl (C=O) groups excluding carboxylic acids is 2. The zero-order valence-electron chi connectivity index (χ0n) is 20.9. The van der Waals surface area contributed by atoms with Gasteiger partial charge >= 0.3 is 0 Å². The summed E-state index contributed by atoms with van der Waals surface area (Å²) in [7, 11) is -2.54. The predicted octanol–water partition coefficient (Wildman–Crippen LogP) is 3.71. The summed E-state index contributed by atoms with van der Waals surface area (Å²) in [6, 6.07) is 19.2. The molecule has 8 heteroatoms. The first-order valence-electron chi connectivity index (χ1n) is 11.6. The molecule has 3 aromatic carbocycles. The van der Waals surface area contributed by atoms with Crippen LogP contribution < -0.4 is 5.32 Å². The van der Waals surface area contributed by atoms with Crippen molar-refractivity contribution in [3.05, 3.63) is 77.9 Å². The van der Waals surface area contributed by atoms with Crippen LogP contribution in [0.2, 0.25) is 0 Å². The van der Waals surface area contributed by atoms with Crippen LogP contribution >= 0.6 is 0 Å². The molecule has 0 radical (unpaired) electrons. The molecule has 186 valence electrons. The number of hydrogen-bond acceptors (Lipinski definition) is 4. The minimum absolute atomic E-state index is 0.0859. The van der Waals surface area contributed by atoms with Gasteiger partial charge in [0, 0.05) is 19.6 Å². The lowest BCUT2D eigenvalue weighted by Gasteiger charge is -2.30. The van der Waals surface area contributed by atoms with Gasteiger partial charge in [0.15, 0.2) is 0 Å². The third-order valence-corrected chi connectivity index (χ3v) is 7.66. The Hall–Kier alpha value is -3.23. The van der Waals surface area contributed by atoms with Crippen LogP contribution in [-0.4, -0.2) is 55.1 Å². The normalized spacial score (nSPS) is 12.7. The first kappa shape index (κ1) is 26.4. The third kappa shape index (κ3) is 6.46. The van der Waals surface area contributed by atoms with E-state index in [-0.39, 0.29) is 29.9 Å². The molecule has 0 aliphatic heterocycles. The van der Waals surface area contributed by atoms with Gasteiger partial charge in [-0.15, -0.1) is 0 Å². The highest BCUT2D eigenvalue weighted by molar-refractivity contribution is 7.89. The fourth-order valence-electron chi connectivity index (χ4n) is 3.75. The van der Waals surface area contributed by atoms with Crippen molar-refractivity contribution in [3.63, 3.8) is 0 Å². The van der Waals surface area contributed by atoms with Crippen molar-refractivity contribution >= 4 is 32.6 Å². The second-order valence-electron chi connectivity index (χ2n) is 9.12. The van der Waals surface area contributed by atoms with Crippen LogP contribution in [0, 0.1) is 6.92 Å². The molecule has 2 amide bonds. The standard InChI is InChI=1S/C27H33N3O4S/c1-19(2)28-27(32)21(4)30(17-22-12-10-20(3)11-13-22)26(31)18-29(5)35(33,34)25-15-14-23-8-6-7-9-24(23)16-25/h6-16,19,21H,17-18H2,1-5H3,(H,28,32)/t21-/m1/s1. The number of likely N-dealkylation sites (N-methyl/N-ethyl adjacent to an activating group) is 1. The van der Waals surface area contributed by atoms with Gasteiger partial charge in [0.05, 0.1) is 11.4 Å². The molecule has 0 saturated heterocycles. The highest BCUT2D eigenvalue weighted by Crippen LogP contribution is 2.22. The van der Waals surface area contributed by atoms with E-state index >= 15 is 0 Å². The van der Waals surface area contributed by atoms with Crippen molar-refractivity contribution in [3.8, 4) is 0 Å². The number of aryl methyl sites for hydroxylation is 1. The lowest BCUT2D eigenvalue weighted by molar-refractivity contribution is -0.140. The Balaban J connectivity index is 1.84. The van der Waals surface area contributed by atoms with Gasteiger partial charge in [0.1, 0.15) is 6.04 Å². The van der Waals surface area contributed by atoms with E-state index in [1.807, 2.05) is 69.3 Å². The van der Waals surface area contributed by atoms with Crippen molar-refractivity contribution < 1.29 is 18.0 Å². The molecule has 0 heterocycles. The van der Waals surface area contributed by atoms with Crippen molar-refractivity contribution in [1.29, 1.82) is 0 Å². The van der Waals surface area contributed by atoms with Gasteiger partial charge in [0.2, 0.25) is 21.8 Å². The summed E-state index contributed by atoms with van der Waals surface area (Å²) in [5, 5.41) is 4.56. The first-order valence-corrected chi connectivity index (χ1v) is 13.0. The molecule has 0 aliphatic rings. The smallest absolute Gasteiger partial charge is 0.243 e. The number of hydrogen-bond donors (Lipinski definition) is 1. The Bertz CT molecular complexity index is 1300. The highest BCUT2D eigenvalue weighted by atomic mass is 32.2. The zero-order valence-corrected chi connectivity index (χ0v) is 21.7. The summed E-state index contributed by atoms with van der Waals surface area (Å²) in [4.78, 5) is 27.7. The topological polar surface area (TPSA) is 86.8 Å². The predicted molar refractivity (Wildman–Crippen MR) is 138 cm³/mol. The van der Waals surface area contributed by atoms with Crippen LogP contribution in [0.25, 0.3) is 10.8 Å². The van der Waals surface area contributed by atoms with Crippen molar-refractivity contribution in [2.24, 2.45) is 0 Å². The zero-order chi connectivity index (χ0) is 25.8. The highest BCUT2D eigenvalue weighted by Gasteiger charge is 2.30. The van der Waals surface area contributed by atoms with E-state index < -0.39 is 22.0 Å². The molecular weight excluding hydrogens is 462 g/mol. The Morgan fingerprint density at radius 1 is 0.914 bits per heavy atom. The van der Waals surface area contributed by atoms with E-state index in [4.69, 9.17) is 0 Å². The molecular formula is C27H33N3O4S. The molecule has 1 N–H and O–H groups in total. The van der Waals surface area contributed by atoms with Gasteiger partial charge in [-0.2, -0.15) is 4.31 Å². The largest absolute Gasteiger partial charge is 0.352 e. The van der Waals surface area contributed by atoms with Crippen LogP contribution in [0.15, 0.2) is 71.6 Å². The van der Waals surface area contributed by atoms with Crippen molar-refractivity contribution in [2.45, 2.75) is 51.2 Å². The SMILES string of the molecule is Cc1ccc(CN(C(=O)CN(C)S(=O)(=O)c2ccc3ccccc3c2)[C@H](C)C(=O)NC(C)C)cc1. The maximum atomic E-state index is 13.4. The summed E-state index contributed by atoms with van der Waals surface area (Å²) in [5.41, 5.74) is 1.94. The van der Waals surface area contributed by atoms with E-state index in [1.54, 1.807) is 25.1 Å². The van der Waals surface area contributed by atoms with Gasteiger partial charge in [-0.3, -0.25) is 9.59 Å². The van der Waals surface area contributed by atoms with Crippen molar-refractivity contribution in [1.82, 2.24) is 14.5 Å². The van der Waals surface area contributed by atoms with E-state index in [1.165, 1.54) is 11.9 Å². The molecule has 1 atom stereocenters. The summed E-state index contributed by atoms with van der Waals surface area (Å²) >= 11 is 0. The minimum atomic E-state index is -3.92. The molecule has 7 nitrogen and oxygen atoms in total. The summed E-state index contributed by atoms with van der Waals surface area (Å²) < 4.78 is 27.5. The quantitative estimate of drug-likeness (QED) is 0.490. The molecule has 0 aromatic heterocycles. The first-order chi connectivity index (χ1) is 16.5. The molecule has 35 heavy (non-hydrogen) atoms. The average molecular weight is 496 g/mol. The van der Waals surface area contributed by atoms with Crippen LogP contribution in [0.1, 0.15) is 31.9 Å². The molecule has 0 saturated carbocycles. The van der Waals surface area contributed by atoms with Crippen LogP contribution in [-0.2, 0) is 26.2 Å². The maximum absolute atomic E-state index is 13.4. The number of carbonyl (C=O) groups is 2. The second-order valence-corrected chi connectivity index (χ2v) is 11.2. The lowest BCUT2D eigenvalue weighted by Crippen LogP contribution is -2.51. The Morgan fingerprint density at radius 2 is 1.54 bits per heavy atom. The molecule has 0 spiro atoms. The monoisotopic (exact) mass is 495 g/mol. The Morgan fingerprint density at radius 3 is 2.17 bits per heavy atom. The third-order valence-electron chi connectivity index (χ3n) is 5.86. The van der Waals surface area contributed by atoms with Gasteiger partial charge in [-0.05, 0) is 56.2 Å². The lowest BCUT2D eigenvalue weighted by atomic mass is 10.1. The van der Waals surface area contributed by atoms with Gasteiger partial charge in [0.25, 0.3) is 0 Å². The molecule has 3 aromatic rings. The van der Waals surface area contributed by atoms with Gasteiger partial charge in [-0.1, -0.05) is 60.2 Å². The number of sulfonamides is 1. The van der Waals surface area contributed by atoms with Gasteiger partial charge in [-0.25, -0.2) is 8.42 Å². The summed E-state index contributed by atoms with van der Waals surface area (Å²) in [6.07, 6.45) is 0. The molecule has 0 aliphatic carbocycles.